The van der Waals surface area contributed by atoms with Gasteiger partial charge in [-0.05, 0) is 24.3 Å². The zero-order valence-electron chi connectivity index (χ0n) is 12.2. The first-order chi connectivity index (χ1) is 11.9. The standard InChI is InChI=1S/C7H3ClF2O4S.C7H4F2O2/c8-15(13,14)3-1-4(7(11)12)6(10)5(9)2-3;8-5-3-1-2-4(6(5)9)7(10)11/h1-2H,(H,11,12);1-3H,(H,10,11). The Labute approximate surface area is 147 Å². The fourth-order valence-electron chi connectivity index (χ4n) is 1.53. The molecule has 0 radical (unpaired) electrons. The maximum atomic E-state index is 12.8. The minimum atomic E-state index is -4.30. The highest BCUT2D eigenvalue weighted by Gasteiger charge is 2.21. The molecule has 6 nitrogen and oxygen atoms in total. The summed E-state index contributed by atoms with van der Waals surface area (Å²) in [4.78, 5) is 19.8. The summed E-state index contributed by atoms with van der Waals surface area (Å²) in [6.45, 7) is 0. The molecule has 26 heavy (non-hydrogen) atoms. The zero-order valence-corrected chi connectivity index (χ0v) is 13.8. The molecule has 0 aliphatic carbocycles. The van der Waals surface area contributed by atoms with E-state index in [0.717, 1.165) is 18.2 Å². The van der Waals surface area contributed by atoms with Crippen molar-refractivity contribution in [3.63, 3.8) is 0 Å². The van der Waals surface area contributed by atoms with Gasteiger partial charge >= 0.3 is 11.9 Å². The van der Waals surface area contributed by atoms with Crippen LogP contribution in [0, 0.1) is 23.3 Å². The second-order valence-electron chi connectivity index (χ2n) is 4.42. The molecule has 0 saturated heterocycles. The van der Waals surface area contributed by atoms with Crippen molar-refractivity contribution < 1.29 is 45.8 Å². The number of carboxylic acid groups (broad SMARTS) is 2. The van der Waals surface area contributed by atoms with Crippen molar-refractivity contribution in [1.82, 2.24) is 0 Å². The first kappa shape index (κ1) is 21.4. The first-order valence-corrected chi connectivity index (χ1v) is 8.51. The first-order valence-electron chi connectivity index (χ1n) is 6.20. The fourth-order valence-corrected chi connectivity index (χ4v) is 2.30. The van der Waals surface area contributed by atoms with E-state index in [1.807, 2.05) is 0 Å². The van der Waals surface area contributed by atoms with Crippen LogP contribution in [0.25, 0.3) is 0 Å². The molecule has 0 aromatic heterocycles. The normalized spacial score (nSPS) is 10.7. The monoisotopic (exact) mass is 414 g/mol. The second-order valence-corrected chi connectivity index (χ2v) is 6.98. The van der Waals surface area contributed by atoms with Crippen LogP contribution in [-0.4, -0.2) is 30.6 Å². The van der Waals surface area contributed by atoms with Crippen LogP contribution < -0.4 is 0 Å². The third-order valence-electron chi connectivity index (χ3n) is 2.70. The van der Waals surface area contributed by atoms with Crippen molar-refractivity contribution in [2.45, 2.75) is 4.90 Å². The number of hydrogen-bond donors (Lipinski definition) is 2. The maximum Gasteiger partial charge on any atom is 0.338 e. The van der Waals surface area contributed by atoms with Gasteiger partial charge < -0.3 is 10.2 Å². The molecule has 0 amide bonds. The molecule has 0 bridgehead atoms. The molecular weight excluding hydrogens is 408 g/mol. The van der Waals surface area contributed by atoms with Crippen LogP contribution in [0.15, 0.2) is 35.2 Å². The molecule has 2 aromatic rings. The van der Waals surface area contributed by atoms with E-state index in [0.29, 0.717) is 12.1 Å². The van der Waals surface area contributed by atoms with Crippen molar-refractivity contribution in [1.29, 1.82) is 0 Å². The Morgan fingerprint density at radius 2 is 1.35 bits per heavy atom. The molecule has 2 rings (SSSR count). The Morgan fingerprint density at radius 3 is 1.77 bits per heavy atom. The Morgan fingerprint density at radius 1 is 0.846 bits per heavy atom. The van der Waals surface area contributed by atoms with Gasteiger partial charge in [0.1, 0.15) is 0 Å². The lowest BCUT2D eigenvalue weighted by molar-refractivity contribution is 0.0679. The lowest BCUT2D eigenvalue weighted by Crippen LogP contribution is -2.05. The van der Waals surface area contributed by atoms with Crippen molar-refractivity contribution in [3.05, 3.63) is 64.7 Å². The van der Waals surface area contributed by atoms with E-state index in [2.05, 4.69) is 0 Å². The van der Waals surface area contributed by atoms with Gasteiger partial charge in [-0.3, -0.25) is 0 Å². The van der Waals surface area contributed by atoms with E-state index in [-0.39, 0.29) is 0 Å². The second kappa shape index (κ2) is 8.15. The molecule has 0 unspecified atom stereocenters. The van der Waals surface area contributed by atoms with Crippen LogP contribution in [0.2, 0.25) is 0 Å². The Hall–Kier alpha value is -2.66. The van der Waals surface area contributed by atoms with Crippen molar-refractivity contribution in [2.75, 3.05) is 0 Å². The minimum Gasteiger partial charge on any atom is -0.478 e. The molecule has 12 heteroatoms. The Balaban J connectivity index is 0.000000273. The highest BCUT2D eigenvalue weighted by Crippen LogP contribution is 2.21. The van der Waals surface area contributed by atoms with Crippen LogP contribution in [0.1, 0.15) is 20.7 Å². The number of hydrogen-bond acceptors (Lipinski definition) is 4. The Bertz CT molecular complexity index is 978. The third-order valence-corrected chi connectivity index (χ3v) is 4.03. The van der Waals surface area contributed by atoms with Gasteiger partial charge in [0.15, 0.2) is 23.3 Å². The SMILES string of the molecule is O=C(O)c1cc(S(=O)(=O)Cl)cc(F)c1F.O=C(O)c1cccc(F)c1F. The lowest BCUT2D eigenvalue weighted by Gasteiger charge is -2.01. The molecule has 140 valence electrons. The van der Waals surface area contributed by atoms with Gasteiger partial charge in [0.2, 0.25) is 0 Å². The van der Waals surface area contributed by atoms with E-state index in [1.165, 1.54) is 0 Å². The fraction of sp³-hybridized carbons (Fsp3) is 0. The van der Waals surface area contributed by atoms with Gasteiger partial charge in [0, 0.05) is 10.7 Å². The van der Waals surface area contributed by atoms with E-state index in [4.69, 9.17) is 20.9 Å². The number of halogens is 5. The maximum absolute atomic E-state index is 12.8. The number of carboxylic acids is 2. The van der Waals surface area contributed by atoms with Gasteiger partial charge in [-0.1, -0.05) is 6.07 Å². The van der Waals surface area contributed by atoms with Crippen LogP contribution >= 0.6 is 10.7 Å². The number of benzene rings is 2. The molecule has 2 N–H and O–H groups in total. The lowest BCUT2D eigenvalue weighted by atomic mass is 10.2. The highest BCUT2D eigenvalue weighted by molar-refractivity contribution is 8.13. The largest absolute Gasteiger partial charge is 0.478 e. The minimum absolute atomic E-state index is 0.310. The molecule has 2 aromatic carbocycles. The molecule has 0 saturated carbocycles. The summed E-state index contributed by atoms with van der Waals surface area (Å²) in [5, 5.41) is 16.7. The molecule has 0 fully saturated rings. The van der Waals surface area contributed by atoms with Crippen LogP contribution in [0.3, 0.4) is 0 Å². The summed E-state index contributed by atoms with van der Waals surface area (Å²) in [6.07, 6.45) is 0. The smallest absolute Gasteiger partial charge is 0.338 e. The topological polar surface area (TPSA) is 109 Å². The third kappa shape index (κ3) is 5.17. The summed E-state index contributed by atoms with van der Waals surface area (Å²) in [5.41, 5.74) is -1.74. The van der Waals surface area contributed by atoms with Crippen LogP contribution in [-0.2, 0) is 9.05 Å². The van der Waals surface area contributed by atoms with Crippen LogP contribution in [0.5, 0.6) is 0 Å². The summed E-state index contributed by atoms with van der Waals surface area (Å²) >= 11 is 0. The van der Waals surface area contributed by atoms with Crippen molar-refractivity contribution >= 4 is 31.7 Å². The number of rotatable bonds is 3. The highest BCUT2D eigenvalue weighted by atomic mass is 35.7. The zero-order chi connectivity index (χ0) is 20.2. The molecule has 0 heterocycles. The summed E-state index contributed by atoms with van der Waals surface area (Å²) < 4.78 is 71.9. The summed E-state index contributed by atoms with van der Waals surface area (Å²) in [7, 11) is 0.554. The molecule has 0 spiro atoms. The molecule has 0 atom stereocenters. The quantitative estimate of drug-likeness (QED) is 0.589. The van der Waals surface area contributed by atoms with E-state index in [9.17, 15) is 35.6 Å². The van der Waals surface area contributed by atoms with Gasteiger partial charge in [0.25, 0.3) is 9.05 Å². The van der Waals surface area contributed by atoms with Gasteiger partial charge in [-0.2, -0.15) is 0 Å². The van der Waals surface area contributed by atoms with Gasteiger partial charge in [-0.15, -0.1) is 0 Å². The average molecular weight is 415 g/mol. The van der Waals surface area contributed by atoms with Gasteiger partial charge in [-0.25, -0.2) is 35.6 Å². The number of carbonyl (C=O) groups is 2. The molecular formula is C14H7ClF4O6S. The van der Waals surface area contributed by atoms with E-state index >= 15 is 0 Å². The predicted octanol–water partition coefficient (Wildman–Crippen LogP) is 3.25. The average Bonchev–Trinajstić information content (AvgIpc) is 2.51. The van der Waals surface area contributed by atoms with Crippen molar-refractivity contribution in [3.8, 4) is 0 Å². The molecule has 0 aliphatic rings. The predicted molar refractivity (Wildman–Crippen MR) is 79.7 cm³/mol. The van der Waals surface area contributed by atoms with Gasteiger partial charge in [0.05, 0.1) is 16.0 Å². The summed E-state index contributed by atoms with van der Waals surface area (Å²) in [5.74, 6) is -8.94. The number of aromatic carboxylic acids is 2. The van der Waals surface area contributed by atoms with Crippen molar-refractivity contribution in [2.24, 2.45) is 0 Å². The van der Waals surface area contributed by atoms with E-state index in [1.54, 1.807) is 0 Å². The van der Waals surface area contributed by atoms with Crippen LogP contribution in [0.4, 0.5) is 17.6 Å². The van der Waals surface area contributed by atoms with E-state index < -0.39 is 60.3 Å². The molecule has 0 aliphatic heterocycles. The summed E-state index contributed by atoms with van der Waals surface area (Å²) in [6, 6.07) is 3.76. The Kier molecular flexibility index (Phi) is 6.70.